The maximum Gasteiger partial charge on any atom is 0.300 e. The summed E-state index contributed by atoms with van der Waals surface area (Å²) in [6.45, 7) is 8.12. The Morgan fingerprint density at radius 2 is 0.818 bits per heavy atom. The van der Waals surface area contributed by atoms with E-state index < -0.39 is 5.97 Å². The summed E-state index contributed by atoms with van der Waals surface area (Å²) in [6.07, 6.45) is 28.2. The number of ether oxygens (including phenoxy) is 1. The van der Waals surface area contributed by atoms with Crippen LogP contribution in [0.1, 0.15) is 149 Å². The summed E-state index contributed by atoms with van der Waals surface area (Å²) in [5.74, 6) is -0.833. The van der Waals surface area contributed by atoms with E-state index in [0.717, 1.165) is 20.1 Å². The standard InChI is InChI=1S/C24H50O.C2H7NO.C2H4O2/c1-3-5-7-9-11-13-15-17-19-21-23-25-24-22-20-18-16-14-12-10-8-6-4-2;3-1-2-4;1-2(3)4/h3-24H2,1-2H3;4H,1-3H2;1H3,(H,3,4). The zero-order valence-corrected chi connectivity index (χ0v) is 22.8. The molecule has 0 aliphatic carbocycles. The largest absolute Gasteiger partial charge is 0.481 e. The molecule has 0 heterocycles. The van der Waals surface area contributed by atoms with Gasteiger partial charge in [0.25, 0.3) is 5.97 Å². The number of aliphatic carboxylic acids is 1. The van der Waals surface area contributed by atoms with Crippen LogP contribution in [0.5, 0.6) is 0 Å². The molecule has 0 fully saturated rings. The third-order valence-corrected chi connectivity index (χ3v) is 5.41. The number of carboxylic acid groups (broad SMARTS) is 1. The molecule has 0 atom stereocenters. The van der Waals surface area contributed by atoms with Crippen LogP contribution in [0.15, 0.2) is 0 Å². The van der Waals surface area contributed by atoms with Crippen LogP contribution in [0.3, 0.4) is 0 Å². The quantitative estimate of drug-likeness (QED) is 0.131. The Labute approximate surface area is 207 Å². The topological polar surface area (TPSA) is 92.8 Å². The molecule has 4 N–H and O–H groups in total. The third kappa shape index (κ3) is 54.1. The maximum atomic E-state index is 9.00. The summed E-state index contributed by atoms with van der Waals surface area (Å²) in [5, 5.41) is 15.2. The Morgan fingerprint density at radius 3 is 1.03 bits per heavy atom. The van der Waals surface area contributed by atoms with Gasteiger partial charge in [-0.3, -0.25) is 4.79 Å². The minimum absolute atomic E-state index is 0.0972. The van der Waals surface area contributed by atoms with Crippen molar-refractivity contribution in [3.05, 3.63) is 0 Å². The number of hydrogen-bond donors (Lipinski definition) is 3. The third-order valence-electron chi connectivity index (χ3n) is 5.41. The number of carboxylic acids is 1. The van der Waals surface area contributed by atoms with Crippen molar-refractivity contribution in [3.8, 4) is 0 Å². The van der Waals surface area contributed by atoms with Crippen molar-refractivity contribution in [2.75, 3.05) is 26.4 Å². The van der Waals surface area contributed by atoms with Gasteiger partial charge in [0.15, 0.2) is 0 Å². The number of hydrogen-bond acceptors (Lipinski definition) is 4. The summed E-state index contributed by atoms with van der Waals surface area (Å²) in [6, 6.07) is 0. The summed E-state index contributed by atoms with van der Waals surface area (Å²) in [4.78, 5) is 9.00. The van der Waals surface area contributed by atoms with Crippen molar-refractivity contribution in [1.29, 1.82) is 0 Å². The molecule has 5 nitrogen and oxygen atoms in total. The molecule has 0 aromatic carbocycles. The highest BCUT2D eigenvalue weighted by Crippen LogP contribution is 2.12. The lowest BCUT2D eigenvalue weighted by Crippen LogP contribution is -2.02. The fraction of sp³-hybridized carbons (Fsp3) is 0.964. The lowest BCUT2D eigenvalue weighted by molar-refractivity contribution is -0.134. The summed E-state index contributed by atoms with van der Waals surface area (Å²) in [5.41, 5.74) is 4.78. The maximum absolute atomic E-state index is 9.00. The SMILES string of the molecule is CC(=O)O.CCCCCCCCCCCCOCCCCCCCCCCCC.NCCO. The van der Waals surface area contributed by atoms with E-state index in [1.54, 1.807) is 0 Å². The van der Waals surface area contributed by atoms with Crippen LogP contribution in [0.2, 0.25) is 0 Å². The molecule has 0 radical (unpaired) electrons. The molecule has 0 aromatic rings. The van der Waals surface area contributed by atoms with Gasteiger partial charge in [0.1, 0.15) is 0 Å². The van der Waals surface area contributed by atoms with Crippen LogP contribution in [-0.4, -0.2) is 42.5 Å². The first kappa shape index (κ1) is 36.9. The summed E-state index contributed by atoms with van der Waals surface area (Å²) < 4.78 is 5.78. The molecule has 202 valence electrons. The lowest BCUT2D eigenvalue weighted by Gasteiger charge is -2.05. The summed E-state index contributed by atoms with van der Waals surface area (Å²) >= 11 is 0. The monoisotopic (exact) mass is 475 g/mol. The molecule has 0 aromatic heterocycles. The van der Waals surface area contributed by atoms with E-state index in [0.29, 0.717) is 6.54 Å². The first-order valence-corrected chi connectivity index (χ1v) is 14.1. The zero-order chi connectivity index (χ0) is 25.3. The van der Waals surface area contributed by atoms with Crippen molar-refractivity contribution in [2.45, 2.75) is 149 Å². The average molecular weight is 476 g/mol. The Morgan fingerprint density at radius 1 is 0.606 bits per heavy atom. The minimum atomic E-state index is -0.833. The Balaban J connectivity index is -0.000000962. The van der Waals surface area contributed by atoms with Crippen LogP contribution in [0.25, 0.3) is 0 Å². The average Bonchev–Trinajstić information content (AvgIpc) is 2.80. The first-order chi connectivity index (χ1) is 16.1. The number of aliphatic hydroxyl groups is 1. The lowest BCUT2D eigenvalue weighted by atomic mass is 10.1. The van der Waals surface area contributed by atoms with E-state index in [9.17, 15) is 0 Å². The Kier molecular flexibility index (Phi) is 43.2. The molecule has 0 aliphatic rings. The highest BCUT2D eigenvalue weighted by Gasteiger charge is 1.95. The van der Waals surface area contributed by atoms with Crippen molar-refractivity contribution in [1.82, 2.24) is 0 Å². The number of unbranched alkanes of at least 4 members (excludes halogenated alkanes) is 18. The minimum Gasteiger partial charge on any atom is -0.481 e. The van der Waals surface area contributed by atoms with E-state index in [4.69, 9.17) is 25.5 Å². The van der Waals surface area contributed by atoms with E-state index in [1.165, 1.54) is 128 Å². The van der Waals surface area contributed by atoms with Crippen molar-refractivity contribution < 1.29 is 19.7 Å². The molecule has 0 aliphatic heterocycles. The number of rotatable bonds is 23. The van der Waals surface area contributed by atoms with Crippen LogP contribution in [-0.2, 0) is 9.53 Å². The van der Waals surface area contributed by atoms with Crippen LogP contribution in [0.4, 0.5) is 0 Å². The normalized spacial score (nSPS) is 10.2. The molecule has 0 saturated carbocycles. The van der Waals surface area contributed by atoms with E-state index in [2.05, 4.69) is 13.8 Å². The summed E-state index contributed by atoms with van der Waals surface area (Å²) in [7, 11) is 0. The van der Waals surface area contributed by atoms with E-state index in [-0.39, 0.29) is 6.61 Å². The first-order valence-electron chi connectivity index (χ1n) is 14.1. The van der Waals surface area contributed by atoms with Gasteiger partial charge in [-0.1, -0.05) is 129 Å². The molecule has 0 unspecified atom stereocenters. The van der Waals surface area contributed by atoms with Crippen molar-refractivity contribution >= 4 is 5.97 Å². The van der Waals surface area contributed by atoms with Gasteiger partial charge in [0, 0.05) is 26.7 Å². The predicted molar refractivity (Wildman–Crippen MR) is 144 cm³/mol. The number of aliphatic hydroxyl groups excluding tert-OH is 1. The van der Waals surface area contributed by atoms with Gasteiger partial charge < -0.3 is 20.7 Å². The Hall–Kier alpha value is -0.650. The second-order valence-electron chi connectivity index (χ2n) is 9.01. The number of carbonyl (C=O) groups is 1. The van der Waals surface area contributed by atoms with Gasteiger partial charge in [0.05, 0.1) is 6.61 Å². The van der Waals surface area contributed by atoms with Crippen molar-refractivity contribution in [3.63, 3.8) is 0 Å². The fourth-order valence-corrected chi connectivity index (χ4v) is 3.49. The molecule has 33 heavy (non-hydrogen) atoms. The van der Waals surface area contributed by atoms with Gasteiger partial charge >= 0.3 is 0 Å². The van der Waals surface area contributed by atoms with E-state index in [1.807, 2.05) is 0 Å². The fourth-order valence-electron chi connectivity index (χ4n) is 3.49. The second-order valence-corrected chi connectivity index (χ2v) is 9.01. The molecule has 5 heteroatoms. The molecular weight excluding hydrogens is 414 g/mol. The van der Waals surface area contributed by atoms with E-state index >= 15 is 0 Å². The molecule has 0 bridgehead atoms. The highest BCUT2D eigenvalue weighted by molar-refractivity contribution is 5.62. The number of nitrogens with two attached hydrogens (primary N) is 1. The van der Waals surface area contributed by atoms with Gasteiger partial charge in [-0.2, -0.15) is 0 Å². The molecule has 0 rings (SSSR count). The van der Waals surface area contributed by atoms with Crippen molar-refractivity contribution in [2.24, 2.45) is 5.73 Å². The molecular formula is C28H61NO4. The van der Waals surface area contributed by atoms with Crippen LogP contribution >= 0.6 is 0 Å². The Bertz CT molecular complexity index is 299. The second kappa shape index (κ2) is 38.6. The van der Waals surface area contributed by atoms with Gasteiger partial charge in [0.2, 0.25) is 0 Å². The molecule has 0 amide bonds. The smallest absolute Gasteiger partial charge is 0.300 e. The molecule has 0 saturated heterocycles. The van der Waals surface area contributed by atoms with Gasteiger partial charge in [-0.15, -0.1) is 0 Å². The van der Waals surface area contributed by atoms with Gasteiger partial charge in [-0.05, 0) is 12.8 Å². The van der Waals surface area contributed by atoms with Crippen LogP contribution < -0.4 is 5.73 Å². The molecule has 0 spiro atoms. The van der Waals surface area contributed by atoms with Gasteiger partial charge in [-0.25, -0.2) is 0 Å². The highest BCUT2D eigenvalue weighted by atomic mass is 16.5. The predicted octanol–water partition coefficient (Wildman–Crippen LogP) is 7.87. The van der Waals surface area contributed by atoms with Crippen LogP contribution in [0, 0.1) is 0 Å². The zero-order valence-electron chi connectivity index (χ0n) is 22.8.